The van der Waals surface area contributed by atoms with Crippen molar-refractivity contribution in [3.8, 4) is 5.75 Å². The fourth-order valence-electron chi connectivity index (χ4n) is 2.78. The number of rotatable bonds is 6. The smallest absolute Gasteiger partial charge is 0.275 e. The number of hydrogen-bond donors (Lipinski definition) is 2. The van der Waals surface area contributed by atoms with E-state index in [1.807, 2.05) is 0 Å². The summed E-state index contributed by atoms with van der Waals surface area (Å²) in [6.45, 7) is 1.75. The Balaban J connectivity index is 1.67. The lowest BCUT2D eigenvalue weighted by atomic mass is 10.1. The van der Waals surface area contributed by atoms with Crippen LogP contribution in [0.25, 0.3) is 0 Å². The number of ether oxygens (including phenoxy) is 1. The summed E-state index contributed by atoms with van der Waals surface area (Å²) in [6, 6.07) is 16.4. The van der Waals surface area contributed by atoms with Crippen LogP contribution in [0.4, 0.5) is 5.69 Å². The Morgan fingerprint density at radius 2 is 1.50 bits per heavy atom. The number of hydrazone groups is 1. The van der Waals surface area contributed by atoms with Gasteiger partial charge in [0.2, 0.25) is 0 Å². The molecule has 0 saturated carbocycles. The lowest BCUT2D eigenvalue weighted by Gasteiger charge is -2.09. The molecule has 3 rings (SSSR count). The molecule has 0 atom stereocenters. The van der Waals surface area contributed by atoms with E-state index in [4.69, 9.17) is 39.5 Å². The Bertz CT molecular complexity index is 1190. The molecule has 3 aromatic rings. The van der Waals surface area contributed by atoms with Crippen molar-refractivity contribution >= 4 is 58.0 Å². The van der Waals surface area contributed by atoms with Gasteiger partial charge in [0.25, 0.3) is 11.8 Å². The number of anilines is 1. The molecule has 0 aromatic heterocycles. The third-order valence-corrected chi connectivity index (χ3v) is 5.25. The van der Waals surface area contributed by atoms with Gasteiger partial charge in [-0.25, -0.2) is 5.43 Å². The molecule has 32 heavy (non-hydrogen) atoms. The first kappa shape index (κ1) is 23.6. The zero-order valence-electron chi connectivity index (χ0n) is 17.1. The monoisotopic (exact) mass is 489 g/mol. The molecule has 2 N–H and O–H groups in total. The minimum Gasteiger partial charge on any atom is -0.496 e. The molecule has 0 unspecified atom stereocenters. The van der Waals surface area contributed by atoms with Crippen molar-refractivity contribution in [2.75, 3.05) is 12.4 Å². The van der Waals surface area contributed by atoms with Gasteiger partial charge in [-0.1, -0.05) is 46.9 Å². The van der Waals surface area contributed by atoms with Crippen LogP contribution in [0.1, 0.15) is 33.2 Å². The summed E-state index contributed by atoms with van der Waals surface area (Å²) in [4.78, 5) is 24.9. The number of carbonyl (C=O) groups is 2. The normalized spacial score (nSPS) is 11.1. The Kier molecular flexibility index (Phi) is 7.75. The molecule has 0 radical (unpaired) electrons. The number of methoxy groups -OCH3 is 1. The quantitative estimate of drug-likeness (QED) is 0.325. The predicted molar refractivity (Wildman–Crippen MR) is 129 cm³/mol. The van der Waals surface area contributed by atoms with E-state index in [1.54, 1.807) is 55.5 Å². The van der Waals surface area contributed by atoms with Crippen LogP contribution in [0.5, 0.6) is 5.75 Å². The van der Waals surface area contributed by atoms with E-state index in [2.05, 4.69) is 15.8 Å². The maximum Gasteiger partial charge on any atom is 0.275 e. The first-order valence-electron chi connectivity index (χ1n) is 9.33. The number of hydrogen-bond acceptors (Lipinski definition) is 4. The van der Waals surface area contributed by atoms with E-state index in [0.717, 1.165) is 5.56 Å². The zero-order chi connectivity index (χ0) is 23.3. The average Bonchev–Trinajstić information content (AvgIpc) is 2.77. The second kappa shape index (κ2) is 10.5. The number of amides is 2. The van der Waals surface area contributed by atoms with Gasteiger partial charge in [0.1, 0.15) is 5.75 Å². The van der Waals surface area contributed by atoms with Crippen molar-refractivity contribution in [2.24, 2.45) is 5.10 Å². The highest BCUT2D eigenvalue weighted by molar-refractivity contribution is 6.37. The number of carbonyl (C=O) groups excluding carboxylic acids is 2. The highest BCUT2D eigenvalue weighted by atomic mass is 35.5. The van der Waals surface area contributed by atoms with Crippen LogP contribution >= 0.6 is 34.8 Å². The molecule has 164 valence electrons. The van der Waals surface area contributed by atoms with Gasteiger partial charge in [-0.2, -0.15) is 5.10 Å². The maximum atomic E-state index is 12.4. The van der Waals surface area contributed by atoms with Crippen molar-refractivity contribution in [2.45, 2.75) is 6.92 Å². The van der Waals surface area contributed by atoms with Crippen molar-refractivity contribution < 1.29 is 14.3 Å². The SMILES string of the molecule is COc1ccc(Cl)cc1C(=O)NN=C(C)c1ccc(NC(=O)c2ccc(Cl)cc2Cl)cc1. The summed E-state index contributed by atoms with van der Waals surface area (Å²) in [6.07, 6.45) is 0. The highest BCUT2D eigenvalue weighted by Gasteiger charge is 2.13. The van der Waals surface area contributed by atoms with Gasteiger partial charge < -0.3 is 10.1 Å². The number of halogens is 3. The van der Waals surface area contributed by atoms with E-state index < -0.39 is 5.91 Å². The molecule has 6 nitrogen and oxygen atoms in total. The molecule has 0 aliphatic rings. The van der Waals surface area contributed by atoms with E-state index in [1.165, 1.54) is 19.2 Å². The summed E-state index contributed by atoms with van der Waals surface area (Å²) >= 11 is 17.9. The van der Waals surface area contributed by atoms with Crippen LogP contribution < -0.4 is 15.5 Å². The standard InChI is InChI=1S/C23H18Cl3N3O3/c1-13(28-29-23(31)19-11-15(24)6-10-21(19)32-2)14-3-7-17(8-4-14)27-22(30)18-9-5-16(25)12-20(18)26/h3-12H,1-2H3,(H,27,30)(H,29,31). The zero-order valence-corrected chi connectivity index (χ0v) is 19.3. The second-order valence-electron chi connectivity index (χ2n) is 6.64. The van der Waals surface area contributed by atoms with E-state index >= 15 is 0 Å². The number of nitrogens with zero attached hydrogens (tertiary/aromatic N) is 1. The Labute approximate surface area is 200 Å². The van der Waals surface area contributed by atoms with Gasteiger partial charge in [0.05, 0.1) is 29.0 Å². The summed E-state index contributed by atoms with van der Waals surface area (Å²) in [5, 5.41) is 8.03. The van der Waals surface area contributed by atoms with Gasteiger partial charge in [-0.3, -0.25) is 9.59 Å². The Morgan fingerprint density at radius 1 is 0.844 bits per heavy atom. The first-order valence-corrected chi connectivity index (χ1v) is 10.5. The second-order valence-corrected chi connectivity index (χ2v) is 7.92. The average molecular weight is 491 g/mol. The van der Waals surface area contributed by atoms with Crippen LogP contribution in [-0.2, 0) is 0 Å². The summed E-state index contributed by atoms with van der Waals surface area (Å²) in [7, 11) is 1.47. The molecule has 0 spiro atoms. The Morgan fingerprint density at radius 3 is 2.16 bits per heavy atom. The van der Waals surface area contributed by atoms with Crippen LogP contribution in [0.2, 0.25) is 15.1 Å². The van der Waals surface area contributed by atoms with Gasteiger partial charge in [0, 0.05) is 15.7 Å². The molecule has 0 bridgehead atoms. The minimum absolute atomic E-state index is 0.265. The number of benzene rings is 3. The molecular weight excluding hydrogens is 473 g/mol. The lowest BCUT2D eigenvalue weighted by molar-refractivity contribution is 0.0951. The Hall–Kier alpha value is -3.06. The van der Waals surface area contributed by atoms with Crippen molar-refractivity contribution in [1.29, 1.82) is 0 Å². The fraction of sp³-hybridized carbons (Fsp3) is 0.0870. The molecule has 0 fully saturated rings. The summed E-state index contributed by atoms with van der Waals surface area (Å²) in [5.74, 6) is -0.416. The van der Waals surface area contributed by atoms with E-state index in [0.29, 0.717) is 32.8 Å². The van der Waals surface area contributed by atoms with Crippen molar-refractivity contribution in [3.05, 3.63) is 92.4 Å². The van der Waals surface area contributed by atoms with Crippen molar-refractivity contribution in [1.82, 2.24) is 5.43 Å². The molecule has 0 aliphatic carbocycles. The summed E-state index contributed by atoms with van der Waals surface area (Å²) in [5.41, 5.74) is 4.98. The molecule has 2 amide bonds. The topological polar surface area (TPSA) is 79.8 Å². The molecule has 0 saturated heterocycles. The molecule has 3 aromatic carbocycles. The molecule has 0 heterocycles. The lowest BCUT2D eigenvalue weighted by Crippen LogP contribution is -2.20. The molecular formula is C23H18Cl3N3O3. The number of nitrogens with one attached hydrogen (secondary N) is 2. The third-order valence-electron chi connectivity index (χ3n) is 4.47. The van der Waals surface area contributed by atoms with Crippen LogP contribution in [0, 0.1) is 0 Å². The fourth-order valence-corrected chi connectivity index (χ4v) is 3.45. The van der Waals surface area contributed by atoms with Gasteiger partial charge in [-0.05, 0) is 61.0 Å². The van der Waals surface area contributed by atoms with Crippen LogP contribution in [0.3, 0.4) is 0 Å². The van der Waals surface area contributed by atoms with Gasteiger partial charge in [0.15, 0.2) is 0 Å². The van der Waals surface area contributed by atoms with Crippen LogP contribution in [-0.4, -0.2) is 24.6 Å². The van der Waals surface area contributed by atoms with E-state index in [9.17, 15) is 9.59 Å². The van der Waals surface area contributed by atoms with Gasteiger partial charge in [-0.15, -0.1) is 0 Å². The van der Waals surface area contributed by atoms with Crippen LogP contribution in [0.15, 0.2) is 65.8 Å². The first-order chi connectivity index (χ1) is 15.3. The maximum absolute atomic E-state index is 12.4. The molecule has 9 heteroatoms. The largest absolute Gasteiger partial charge is 0.496 e. The summed E-state index contributed by atoms with van der Waals surface area (Å²) < 4.78 is 5.19. The van der Waals surface area contributed by atoms with E-state index in [-0.39, 0.29) is 16.5 Å². The van der Waals surface area contributed by atoms with Crippen molar-refractivity contribution in [3.63, 3.8) is 0 Å². The predicted octanol–water partition coefficient (Wildman–Crippen LogP) is 6.06. The molecule has 0 aliphatic heterocycles. The van der Waals surface area contributed by atoms with Gasteiger partial charge >= 0.3 is 0 Å². The minimum atomic E-state index is -0.451. The third kappa shape index (κ3) is 5.79. The highest BCUT2D eigenvalue weighted by Crippen LogP contribution is 2.23.